The molecule has 0 atom stereocenters. The van der Waals surface area contributed by atoms with E-state index in [-0.39, 0.29) is 18.1 Å². The van der Waals surface area contributed by atoms with Gasteiger partial charge in [0.2, 0.25) is 0 Å². The van der Waals surface area contributed by atoms with E-state index in [0.717, 1.165) is 11.1 Å². The predicted octanol–water partition coefficient (Wildman–Crippen LogP) is 4.08. The standard InChI is InChI=1S/C19H14ClFN2O3S/c20-14-3-1-2-13(8-14)18-23-16(11-27-18)19(25)26-10-17(24)22-9-12-4-6-15(21)7-5-12/h1-8,11H,9-10H2,(H,22,24). The molecule has 1 heterocycles. The summed E-state index contributed by atoms with van der Waals surface area (Å²) in [7, 11) is 0. The second kappa shape index (κ2) is 8.75. The third kappa shape index (κ3) is 5.35. The summed E-state index contributed by atoms with van der Waals surface area (Å²) in [5.74, 6) is -1.49. The highest BCUT2D eigenvalue weighted by Gasteiger charge is 2.15. The van der Waals surface area contributed by atoms with Crippen molar-refractivity contribution in [3.05, 3.63) is 76.0 Å². The predicted molar refractivity (Wildman–Crippen MR) is 101 cm³/mol. The Morgan fingerprint density at radius 1 is 1.19 bits per heavy atom. The second-order valence-corrected chi connectivity index (χ2v) is 6.82. The number of nitrogens with one attached hydrogen (secondary N) is 1. The van der Waals surface area contributed by atoms with E-state index in [9.17, 15) is 14.0 Å². The molecule has 138 valence electrons. The molecule has 0 aliphatic carbocycles. The first kappa shape index (κ1) is 19.0. The lowest BCUT2D eigenvalue weighted by Gasteiger charge is -2.06. The summed E-state index contributed by atoms with van der Waals surface area (Å²) < 4.78 is 17.8. The SMILES string of the molecule is O=C(COC(=O)c1csc(-c2cccc(Cl)c2)n1)NCc1ccc(F)cc1. The fourth-order valence-electron chi connectivity index (χ4n) is 2.18. The zero-order valence-corrected chi connectivity index (χ0v) is 15.5. The van der Waals surface area contributed by atoms with Gasteiger partial charge in [-0.15, -0.1) is 11.3 Å². The molecule has 0 aliphatic rings. The Labute approximate surface area is 163 Å². The molecule has 27 heavy (non-hydrogen) atoms. The van der Waals surface area contributed by atoms with Crippen LogP contribution in [0.2, 0.25) is 5.02 Å². The van der Waals surface area contributed by atoms with Gasteiger partial charge in [0.1, 0.15) is 10.8 Å². The van der Waals surface area contributed by atoms with Gasteiger partial charge >= 0.3 is 5.97 Å². The zero-order chi connectivity index (χ0) is 19.2. The minimum Gasteiger partial charge on any atom is -0.451 e. The molecule has 3 rings (SSSR count). The topological polar surface area (TPSA) is 68.3 Å². The van der Waals surface area contributed by atoms with Crippen molar-refractivity contribution in [2.24, 2.45) is 0 Å². The number of thiazole rings is 1. The number of benzene rings is 2. The van der Waals surface area contributed by atoms with Crippen molar-refractivity contribution in [2.45, 2.75) is 6.54 Å². The molecule has 0 unspecified atom stereocenters. The molecule has 0 bridgehead atoms. The van der Waals surface area contributed by atoms with Gasteiger partial charge in [-0.3, -0.25) is 4.79 Å². The molecule has 0 aliphatic heterocycles. The maximum absolute atomic E-state index is 12.8. The van der Waals surface area contributed by atoms with Crippen LogP contribution in [0.25, 0.3) is 10.6 Å². The fraction of sp³-hybridized carbons (Fsp3) is 0.105. The lowest BCUT2D eigenvalue weighted by molar-refractivity contribution is -0.124. The molecule has 0 saturated carbocycles. The van der Waals surface area contributed by atoms with Crippen molar-refractivity contribution >= 4 is 34.8 Å². The van der Waals surface area contributed by atoms with Crippen molar-refractivity contribution in [3.8, 4) is 10.6 Å². The highest BCUT2D eigenvalue weighted by atomic mass is 35.5. The lowest BCUT2D eigenvalue weighted by Crippen LogP contribution is -2.28. The normalized spacial score (nSPS) is 10.4. The van der Waals surface area contributed by atoms with Crippen LogP contribution >= 0.6 is 22.9 Å². The third-order valence-corrected chi connectivity index (χ3v) is 4.65. The van der Waals surface area contributed by atoms with Crippen LogP contribution in [0, 0.1) is 5.82 Å². The highest BCUT2D eigenvalue weighted by Crippen LogP contribution is 2.26. The maximum atomic E-state index is 12.8. The van der Waals surface area contributed by atoms with Gasteiger partial charge in [0.15, 0.2) is 12.3 Å². The molecule has 8 heteroatoms. The van der Waals surface area contributed by atoms with E-state index in [2.05, 4.69) is 10.3 Å². The van der Waals surface area contributed by atoms with Gasteiger partial charge in [-0.25, -0.2) is 14.2 Å². The summed E-state index contributed by atoms with van der Waals surface area (Å²) in [6.07, 6.45) is 0. The summed E-state index contributed by atoms with van der Waals surface area (Å²) in [5.41, 5.74) is 1.66. The number of esters is 1. The Balaban J connectivity index is 1.50. The Bertz CT molecular complexity index is 960. The largest absolute Gasteiger partial charge is 0.451 e. The van der Waals surface area contributed by atoms with Gasteiger partial charge < -0.3 is 10.1 Å². The van der Waals surface area contributed by atoms with Crippen molar-refractivity contribution in [2.75, 3.05) is 6.61 Å². The molecular weight excluding hydrogens is 391 g/mol. The molecule has 5 nitrogen and oxygen atoms in total. The lowest BCUT2D eigenvalue weighted by atomic mass is 10.2. The maximum Gasteiger partial charge on any atom is 0.358 e. The first-order chi connectivity index (χ1) is 13.0. The van der Waals surface area contributed by atoms with E-state index < -0.39 is 18.5 Å². The number of hydrogen-bond acceptors (Lipinski definition) is 5. The number of hydrogen-bond donors (Lipinski definition) is 1. The van der Waals surface area contributed by atoms with Crippen LogP contribution in [-0.4, -0.2) is 23.5 Å². The highest BCUT2D eigenvalue weighted by molar-refractivity contribution is 7.13. The van der Waals surface area contributed by atoms with Crippen LogP contribution in [0.15, 0.2) is 53.9 Å². The van der Waals surface area contributed by atoms with E-state index in [0.29, 0.717) is 10.0 Å². The first-order valence-electron chi connectivity index (χ1n) is 7.91. The molecular formula is C19H14ClFN2O3S. The summed E-state index contributed by atoms with van der Waals surface area (Å²) in [6, 6.07) is 12.9. The van der Waals surface area contributed by atoms with E-state index in [1.807, 2.05) is 6.07 Å². The number of aromatic nitrogens is 1. The summed E-state index contributed by atoms with van der Waals surface area (Å²) >= 11 is 7.23. The Morgan fingerprint density at radius 3 is 2.70 bits per heavy atom. The van der Waals surface area contributed by atoms with Crippen LogP contribution in [0.3, 0.4) is 0 Å². The number of rotatable bonds is 6. The number of halogens is 2. The number of amides is 1. The quantitative estimate of drug-likeness (QED) is 0.629. The molecule has 2 aromatic carbocycles. The number of carbonyl (C=O) groups excluding carboxylic acids is 2. The van der Waals surface area contributed by atoms with Crippen molar-refractivity contribution in [1.29, 1.82) is 0 Å². The van der Waals surface area contributed by atoms with Crippen molar-refractivity contribution in [3.63, 3.8) is 0 Å². The van der Waals surface area contributed by atoms with Crippen LogP contribution in [0.5, 0.6) is 0 Å². The minimum absolute atomic E-state index is 0.126. The van der Waals surface area contributed by atoms with Crippen molar-refractivity contribution < 1.29 is 18.7 Å². The fourth-order valence-corrected chi connectivity index (χ4v) is 3.16. The molecule has 0 spiro atoms. The molecule has 0 saturated heterocycles. The molecule has 3 aromatic rings. The van der Waals surface area contributed by atoms with Gasteiger partial charge in [-0.05, 0) is 29.8 Å². The van der Waals surface area contributed by atoms with E-state index in [4.69, 9.17) is 16.3 Å². The summed E-state index contributed by atoms with van der Waals surface area (Å²) in [6.45, 7) is -0.212. The van der Waals surface area contributed by atoms with Gasteiger partial charge in [0.05, 0.1) is 0 Å². The molecule has 1 aromatic heterocycles. The number of carbonyl (C=O) groups is 2. The summed E-state index contributed by atoms with van der Waals surface area (Å²) in [4.78, 5) is 28.1. The molecule has 0 radical (unpaired) electrons. The van der Waals surface area contributed by atoms with Gasteiger partial charge in [0, 0.05) is 22.5 Å². The Hall–Kier alpha value is -2.77. The summed E-state index contributed by atoms with van der Waals surface area (Å²) in [5, 5.41) is 5.36. The van der Waals surface area contributed by atoms with E-state index >= 15 is 0 Å². The van der Waals surface area contributed by atoms with Gasteiger partial charge in [-0.2, -0.15) is 0 Å². The minimum atomic E-state index is -0.684. The van der Waals surface area contributed by atoms with Crippen LogP contribution in [-0.2, 0) is 16.1 Å². The van der Waals surface area contributed by atoms with Crippen LogP contribution in [0.1, 0.15) is 16.1 Å². The smallest absolute Gasteiger partial charge is 0.358 e. The number of ether oxygens (including phenoxy) is 1. The molecule has 1 amide bonds. The average Bonchev–Trinajstić information content (AvgIpc) is 3.16. The monoisotopic (exact) mass is 404 g/mol. The third-order valence-electron chi connectivity index (χ3n) is 3.52. The zero-order valence-electron chi connectivity index (χ0n) is 13.9. The second-order valence-electron chi connectivity index (χ2n) is 5.53. The van der Waals surface area contributed by atoms with E-state index in [1.54, 1.807) is 35.7 Å². The molecule has 1 N–H and O–H groups in total. The van der Waals surface area contributed by atoms with Crippen LogP contribution < -0.4 is 5.32 Å². The Morgan fingerprint density at radius 2 is 1.96 bits per heavy atom. The van der Waals surface area contributed by atoms with Crippen LogP contribution in [0.4, 0.5) is 4.39 Å². The van der Waals surface area contributed by atoms with Crippen molar-refractivity contribution in [1.82, 2.24) is 10.3 Å². The molecule has 0 fully saturated rings. The number of nitrogens with zero attached hydrogens (tertiary/aromatic N) is 1. The Kier molecular flexibility index (Phi) is 6.16. The average molecular weight is 405 g/mol. The first-order valence-corrected chi connectivity index (χ1v) is 9.17. The van der Waals surface area contributed by atoms with E-state index in [1.165, 1.54) is 23.5 Å². The van der Waals surface area contributed by atoms with Gasteiger partial charge in [-0.1, -0.05) is 35.9 Å². The van der Waals surface area contributed by atoms with Gasteiger partial charge in [0.25, 0.3) is 5.91 Å².